The Kier molecular flexibility index (Phi) is 47.1. The lowest BCUT2D eigenvalue weighted by Crippen LogP contribution is -2.30. The van der Waals surface area contributed by atoms with Crippen LogP contribution in [0, 0.1) is 17.8 Å². The zero-order valence-electron chi connectivity index (χ0n) is 43.4. The van der Waals surface area contributed by atoms with Crippen LogP contribution in [0.2, 0.25) is 0 Å². The van der Waals surface area contributed by atoms with Crippen LogP contribution in [0.4, 0.5) is 0 Å². The molecule has 0 radical (unpaired) electrons. The SMILES string of the molecule is CCC(C)CCCCCCCCCCCCCCCCCCCCC(=O)OC[C@H](COC(=O)CCCCCCCCCCCCC(C)C)OC(=O)CCCCCCCCC(C)CC. The van der Waals surface area contributed by atoms with Gasteiger partial charge in [0.15, 0.2) is 6.10 Å². The largest absolute Gasteiger partial charge is 0.462 e. The number of hydrogen-bond donors (Lipinski definition) is 0. The predicted octanol–water partition coefficient (Wildman–Crippen LogP) is 18.3. The highest BCUT2D eigenvalue weighted by Crippen LogP contribution is 2.19. The van der Waals surface area contributed by atoms with E-state index in [4.69, 9.17) is 14.2 Å². The summed E-state index contributed by atoms with van der Waals surface area (Å²) >= 11 is 0. The van der Waals surface area contributed by atoms with Gasteiger partial charge in [0.2, 0.25) is 0 Å². The maximum atomic E-state index is 12.8. The van der Waals surface area contributed by atoms with Gasteiger partial charge in [0.05, 0.1) is 0 Å². The predicted molar refractivity (Wildman–Crippen MR) is 270 cm³/mol. The van der Waals surface area contributed by atoms with Gasteiger partial charge in [0.25, 0.3) is 0 Å². The van der Waals surface area contributed by atoms with Crippen LogP contribution in [0.5, 0.6) is 0 Å². The van der Waals surface area contributed by atoms with Crippen LogP contribution in [-0.2, 0) is 28.6 Å². The fourth-order valence-corrected chi connectivity index (χ4v) is 8.58. The summed E-state index contributed by atoms with van der Waals surface area (Å²) in [6.07, 6.45) is 49.6. The van der Waals surface area contributed by atoms with Crippen molar-refractivity contribution in [2.75, 3.05) is 13.2 Å². The van der Waals surface area contributed by atoms with Gasteiger partial charge in [-0.25, -0.2) is 0 Å². The number of carbonyl (C=O) groups is 3. The van der Waals surface area contributed by atoms with Crippen LogP contribution in [-0.4, -0.2) is 37.2 Å². The number of hydrogen-bond acceptors (Lipinski definition) is 6. The van der Waals surface area contributed by atoms with Crippen LogP contribution >= 0.6 is 0 Å². The highest BCUT2D eigenvalue weighted by atomic mass is 16.6. The molecule has 0 aliphatic heterocycles. The Morgan fingerprint density at radius 1 is 0.317 bits per heavy atom. The van der Waals surface area contributed by atoms with E-state index in [1.807, 2.05) is 0 Å². The minimum absolute atomic E-state index is 0.0650. The number of ether oxygens (including phenoxy) is 3. The van der Waals surface area contributed by atoms with E-state index in [0.717, 1.165) is 75.5 Å². The Bertz CT molecular complexity index is 980. The molecule has 0 aromatic heterocycles. The lowest BCUT2D eigenvalue weighted by molar-refractivity contribution is -0.167. The molecule has 0 bridgehead atoms. The number of esters is 3. The molecule has 0 saturated carbocycles. The van der Waals surface area contributed by atoms with Crippen LogP contribution in [0.3, 0.4) is 0 Å². The van der Waals surface area contributed by atoms with E-state index in [0.29, 0.717) is 19.3 Å². The summed E-state index contributed by atoms with van der Waals surface area (Å²) in [5.41, 5.74) is 0. The van der Waals surface area contributed by atoms with Crippen molar-refractivity contribution in [3.63, 3.8) is 0 Å². The van der Waals surface area contributed by atoms with Gasteiger partial charge in [-0.05, 0) is 37.0 Å². The van der Waals surface area contributed by atoms with Crippen molar-refractivity contribution < 1.29 is 28.6 Å². The van der Waals surface area contributed by atoms with Gasteiger partial charge in [0.1, 0.15) is 13.2 Å². The molecule has 0 aromatic carbocycles. The van der Waals surface area contributed by atoms with Crippen molar-refractivity contribution in [3.05, 3.63) is 0 Å². The summed E-state index contributed by atoms with van der Waals surface area (Å²) in [5.74, 6) is 1.69. The molecular weight excluding hydrogens is 781 g/mol. The first-order chi connectivity index (χ1) is 30.7. The molecule has 0 heterocycles. The Morgan fingerprint density at radius 2 is 0.556 bits per heavy atom. The van der Waals surface area contributed by atoms with Gasteiger partial charge < -0.3 is 14.2 Å². The van der Waals surface area contributed by atoms with Crippen molar-refractivity contribution >= 4 is 17.9 Å². The Balaban J connectivity index is 4.18. The third kappa shape index (κ3) is 48.2. The smallest absolute Gasteiger partial charge is 0.306 e. The maximum absolute atomic E-state index is 12.8. The molecule has 6 heteroatoms. The molecular formula is C57H110O6. The molecule has 0 aliphatic carbocycles. The van der Waals surface area contributed by atoms with Crippen molar-refractivity contribution in [3.8, 4) is 0 Å². The highest BCUT2D eigenvalue weighted by molar-refractivity contribution is 5.71. The molecule has 0 spiro atoms. The second-order valence-corrected chi connectivity index (χ2v) is 20.5. The second kappa shape index (κ2) is 48.3. The first-order valence-electron chi connectivity index (χ1n) is 28.2. The summed E-state index contributed by atoms with van der Waals surface area (Å²) in [4.78, 5) is 38.0. The van der Waals surface area contributed by atoms with E-state index >= 15 is 0 Å². The van der Waals surface area contributed by atoms with Crippen LogP contribution < -0.4 is 0 Å². The van der Waals surface area contributed by atoms with E-state index in [2.05, 4.69) is 41.5 Å². The van der Waals surface area contributed by atoms with Crippen molar-refractivity contribution in [2.24, 2.45) is 17.8 Å². The third-order valence-corrected chi connectivity index (χ3v) is 13.6. The zero-order valence-corrected chi connectivity index (χ0v) is 43.4. The minimum Gasteiger partial charge on any atom is -0.462 e. The summed E-state index contributed by atoms with van der Waals surface area (Å²) < 4.78 is 16.8. The first-order valence-corrected chi connectivity index (χ1v) is 28.2. The fraction of sp³-hybridized carbons (Fsp3) is 0.947. The summed E-state index contributed by atoms with van der Waals surface area (Å²) in [6.45, 7) is 13.7. The molecule has 0 amide bonds. The lowest BCUT2D eigenvalue weighted by Gasteiger charge is -2.18. The number of unbranched alkanes of at least 4 members (excludes halogenated alkanes) is 31. The molecule has 0 saturated heterocycles. The van der Waals surface area contributed by atoms with Gasteiger partial charge >= 0.3 is 17.9 Å². The van der Waals surface area contributed by atoms with E-state index in [9.17, 15) is 14.4 Å². The number of rotatable bonds is 50. The topological polar surface area (TPSA) is 78.9 Å². The lowest BCUT2D eigenvalue weighted by atomic mass is 9.99. The van der Waals surface area contributed by atoms with E-state index in [1.54, 1.807) is 0 Å². The maximum Gasteiger partial charge on any atom is 0.306 e. The minimum atomic E-state index is -0.764. The third-order valence-electron chi connectivity index (χ3n) is 13.6. The van der Waals surface area contributed by atoms with Gasteiger partial charge in [-0.15, -0.1) is 0 Å². The molecule has 0 fully saturated rings. The molecule has 63 heavy (non-hydrogen) atoms. The Morgan fingerprint density at radius 3 is 0.825 bits per heavy atom. The van der Waals surface area contributed by atoms with E-state index in [-0.39, 0.29) is 31.1 Å². The Hall–Kier alpha value is -1.59. The molecule has 0 N–H and O–H groups in total. The van der Waals surface area contributed by atoms with Crippen molar-refractivity contribution in [2.45, 2.75) is 317 Å². The average Bonchev–Trinajstić information content (AvgIpc) is 3.27. The molecule has 0 aliphatic rings. The quantitative estimate of drug-likeness (QED) is 0.0344. The molecule has 0 rings (SSSR count). The standard InChI is InChI=1S/C57H110O6/c1-7-52(5)44-38-32-26-22-17-15-13-11-9-10-12-14-16-18-23-27-34-40-46-55(58)61-49-54(63-57(60)48-42-36-30-29-33-39-45-53(6)8-2)50-62-56(59)47-41-35-28-24-20-19-21-25-31-37-43-51(3)4/h51-54H,7-50H2,1-6H3/t52?,53?,54-/m1/s1. The van der Waals surface area contributed by atoms with Crippen molar-refractivity contribution in [1.29, 1.82) is 0 Å². The monoisotopic (exact) mass is 891 g/mol. The fourth-order valence-electron chi connectivity index (χ4n) is 8.58. The van der Waals surface area contributed by atoms with Gasteiger partial charge in [-0.1, -0.05) is 273 Å². The van der Waals surface area contributed by atoms with Gasteiger partial charge in [-0.2, -0.15) is 0 Å². The van der Waals surface area contributed by atoms with Gasteiger partial charge in [-0.3, -0.25) is 14.4 Å². The summed E-state index contributed by atoms with van der Waals surface area (Å²) in [5, 5.41) is 0. The number of carbonyl (C=O) groups excluding carboxylic acids is 3. The van der Waals surface area contributed by atoms with Gasteiger partial charge in [0, 0.05) is 19.3 Å². The molecule has 374 valence electrons. The van der Waals surface area contributed by atoms with E-state index in [1.165, 1.54) is 193 Å². The Labute approximate surface area is 393 Å². The zero-order chi connectivity index (χ0) is 46.3. The highest BCUT2D eigenvalue weighted by Gasteiger charge is 2.19. The second-order valence-electron chi connectivity index (χ2n) is 20.5. The normalized spacial score (nSPS) is 13.0. The average molecular weight is 892 g/mol. The van der Waals surface area contributed by atoms with Crippen LogP contribution in [0.25, 0.3) is 0 Å². The summed E-state index contributed by atoms with van der Waals surface area (Å²) in [7, 11) is 0. The summed E-state index contributed by atoms with van der Waals surface area (Å²) in [6, 6.07) is 0. The van der Waals surface area contributed by atoms with Crippen molar-refractivity contribution in [1.82, 2.24) is 0 Å². The molecule has 3 atom stereocenters. The van der Waals surface area contributed by atoms with E-state index < -0.39 is 6.10 Å². The van der Waals surface area contributed by atoms with Crippen LogP contribution in [0.15, 0.2) is 0 Å². The molecule has 2 unspecified atom stereocenters. The molecule has 0 aromatic rings. The van der Waals surface area contributed by atoms with Crippen LogP contribution in [0.1, 0.15) is 311 Å². The molecule has 6 nitrogen and oxygen atoms in total. The first kappa shape index (κ1) is 61.4.